The number of piperidine rings is 1. The summed E-state index contributed by atoms with van der Waals surface area (Å²) < 4.78 is 44.9. The number of carbonyl (C=O) groups excluding carboxylic acids is 2. The Balaban J connectivity index is 1.48. The molecule has 0 atom stereocenters. The number of esters is 1. The highest BCUT2D eigenvalue weighted by atomic mass is 35.5. The SMILES string of the molecule is O=C(COC(=O)C1CCN(S(=O)(=O)c2ccc(Cl)cc2)CC1)Nc1ccc(F)c(Cl)c1. The van der Waals surface area contributed by atoms with E-state index in [1.165, 1.54) is 40.7 Å². The molecule has 2 aromatic rings. The maximum absolute atomic E-state index is 13.1. The lowest BCUT2D eigenvalue weighted by molar-refractivity contribution is -0.152. The van der Waals surface area contributed by atoms with Gasteiger partial charge in [-0.3, -0.25) is 9.59 Å². The number of nitrogens with one attached hydrogen (secondary N) is 1. The first-order valence-electron chi connectivity index (χ1n) is 9.34. The Morgan fingerprint density at radius 2 is 1.74 bits per heavy atom. The van der Waals surface area contributed by atoms with Crippen molar-refractivity contribution in [3.05, 3.63) is 58.3 Å². The maximum atomic E-state index is 13.1. The first kappa shape index (κ1) is 23.5. The first-order chi connectivity index (χ1) is 14.7. The number of anilines is 1. The van der Waals surface area contributed by atoms with E-state index in [0.717, 1.165) is 6.07 Å². The van der Waals surface area contributed by atoms with Gasteiger partial charge in [0.1, 0.15) is 5.82 Å². The molecular formula is C20H19Cl2FN2O5S. The van der Waals surface area contributed by atoms with Crippen molar-refractivity contribution >= 4 is 50.8 Å². The van der Waals surface area contributed by atoms with Crippen LogP contribution in [0.25, 0.3) is 0 Å². The molecule has 1 heterocycles. The van der Waals surface area contributed by atoms with Crippen LogP contribution in [0.5, 0.6) is 0 Å². The minimum Gasteiger partial charge on any atom is -0.455 e. The Morgan fingerprint density at radius 3 is 2.35 bits per heavy atom. The summed E-state index contributed by atoms with van der Waals surface area (Å²) in [6.45, 7) is -0.201. The van der Waals surface area contributed by atoms with Crippen LogP contribution in [-0.4, -0.2) is 44.3 Å². The molecule has 31 heavy (non-hydrogen) atoms. The number of sulfonamides is 1. The van der Waals surface area contributed by atoms with E-state index in [0.29, 0.717) is 5.02 Å². The van der Waals surface area contributed by atoms with Gasteiger partial charge in [0.05, 0.1) is 15.8 Å². The molecule has 1 amide bonds. The van der Waals surface area contributed by atoms with Gasteiger partial charge in [-0.15, -0.1) is 0 Å². The monoisotopic (exact) mass is 488 g/mol. The van der Waals surface area contributed by atoms with Gasteiger partial charge in [0.2, 0.25) is 10.0 Å². The number of hydrogen-bond donors (Lipinski definition) is 1. The quantitative estimate of drug-likeness (QED) is 0.625. The summed E-state index contributed by atoms with van der Waals surface area (Å²) in [6.07, 6.45) is 0.557. The van der Waals surface area contributed by atoms with Crippen molar-refractivity contribution < 1.29 is 27.1 Å². The normalized spacial score (nSPS) is 15.5. The Bertz CT molecular complexity index is 1070. The molecule has 2 aromatic carbocycles. The van der Waals surface area contributed by atoms with E-state index in [4.69, 9.17) is 27.9 Å². The molecule has 1 aliphatic rings. The van der Waals surface area contributed by atoms with Gasteiger partial charge in [-0.2, -0.15) is 4.31 Å². The minimum absolute atomic E-state index is 0.135. The Kier molecular flexibility index (Phi) is 7.53. The Labute approximate surface area is 189 Å². The largest absolute Gasteiger partial charge is 0.455 e. The molecule has 0 aromatic heterocycles. The fourth-order valence-electron chi connectivity index (χ4n) is 3.11. The highest BCUT2D eigenvalue weighted by Crippen LogP contribution is 2.25. The van der Waals surface area contributed by atoms with Crippen LogP contribution < -0.4 is 5.32 Å². The zero-order chi connectivity index (χ0) is 22.6. The van der Waals surface area contributed by atoms with Gasteiger partial charge >= 0.3 is 5.97 Å². The zero-order valence-corrected chi connectivity index (χ0v) is 18.5. The maximum Gasteiger partial charge on any atom is 0.309 e. The van der Waals surface area contributed by atoms with Crippen molar-refractivity contribution in [1.29, 1.82) is 0 Å². The molecule has 1 fully saturated rings. The summed E-state index contributed by atoms with van der Waals surface area (Å²) in [6, 6.07) is 9.56. The highest BCUT2D eigenvalue weighted by molar-refractivity contribution is 7.89. The zero-order valence-electron chi connectivity index (χ0n) is 16.2. The van der Waals surface area contributed by atoms with Crippen molar-refractivity contribution in [3.8, 4) is 0 Å². The van der Waals surface area contributed by atoms with Crippen molar-refractivity contribution in [3.63, 3.8) is 0 Å². The summed E-state index contributed by atoms with van der Waals surface area (Å²) >= 11 is 11.5. The van der Waals surface area contributed by atoms with E-state index in [2.05, 4.69) is 5.32 Å². The van der Waals surface area contributed by atoms with Crippen molar-refractivity contribution in [2.75, 3.05) is 25.0 Å². The molecule has 0 spiro atoms. The third kappa shape index (κ3) is 5.94. The van der Waals surface area contributed by atoms with Crippen molar-refractivity contribution in [2.24, 2.45) is 5.92 Å². The number of amides is 1. The summed E-state index contributed by atoms with van der Waals surface area (Å²) in [5.74, 6) is -2.30. The number of nitrogens with zero attached hydrogens (tertiary/aromatic N) is 1. The molecule has 7 nitrogen and oxygen atoms in total. The predicted molar refractivity (Wildman–Crippen MR) is 114 cm³/mol. The number of rotatable bonds is 6. The van der Waals surface area contributed by atoms with Gasteiger partial charge in [0.25, 0.3) is 5.91 Å². The summed E-state index contributed by atoms with van der Waals surface area (Å²) in [5.41, 5.74) is 0.271. The van der Waals surface area contributed by atoms with Gasteiger partial charge in [-0.05, 0) is 55.3 Å². The van der Waals surface area contributed by atoms with E-state index >= 15 is 0 Å². The van der Waals surface area contributed by atoms with Gasteiger partial charge in [-0.1, -0.05) is 23.2 Å². The number of halogens is 3. The van der Waals surface area contributed by atoms with E-state index in [-0.39, 0.29) is 41.5 Å². The van der Waals surface area contributed by atoms with Crippen LogP contribution in [0.4, 0.5) is 10.1 Å². The van der Waals surface area contributed by atoms with Gasteiger partial charge in [0.15, 0.2) is 6.61 Å². The molecule has 11 heteroatoms. The van der Waals surface area contributed by atoms with E-state index < -0.39 is 40.2 Å². The van der Waals surface area contributed by atoms with Gasteiger partial charge < -0.3 is 10.1 Å². The topological polar surface area (TPSA) is 92.8 Å². The number of ether oxygens (including phenoxy) is 1. The molecule has 0 aliphatic carbocycles. The Hall–Kier alpha value is -2.20. The van der Waals surface area contributed by atoms with Crippen molar-refractivity contribution in [2.45, 2.75) is 17.7 Å². The molecule has 3 rings (SSSR count). The number of hydrogen-bond acceptors (Lipinski definition) is 5. The summed E-state index contributed by atoms with van der Waals surface area (Å²) in [4.78, 5) is 24.3. The predicted octanol–water partition coefficient (Wildman–Crippen LogP) is 3.72. The number of carbonyl (C=O) groups is 2. The van der Waals surface area contributed by atoms with Crippen LogP contribution in [0.15, 0.2) is 47.4 Å². The lowest BCUT2D eigenvalue weighted by atomic mass is 9.98. The molecule has 1 aliphatic heterocycles. The standard InChI is InChI=1S/C20H19Cl2FN2O5S/c21-14-1-4-16(5-2-14)31(28,29)25-9-7-13(8-10-25)20(27)30-12-19(26)24-15-3-6-18(23)17(22)11-15/h1-6,11,13H,7-10,12H2,(H,24,26). The summed E-state index contributed by atoms with van der Waals surface area (Å²) in [7, 11) is -3.67. The third-order valence-corrected chi connectivity index (χ3v) is 7.24. The van der Waals surface area contributed by atoms with Crippen LogP contribution >= 0.6 is 23.2 Å². The van der Waals surface area contributed by atoms with Crippen LogP contribution in [0.3, 0.4) is 0 Å². The average molecular weight is 489 g/mol. The second-order valence-corrected chi connectivity index (χ2v) is 9.70. The van der Waals surface area contributed by atoms with Crippen LogP contribution in [0.2, 0.25) is 10.0 Å². The van der Waals surface area contributed by atoms with E-state index in [9.17, 15) is 22.4 Å². The summed E-state index contributed by atoms with van der Waals surface area (Å²) in [5, 5.41) is 2.75. The molecule has 1 N–H and O–H groups in total. The third-order valence-electron chi connectivity index (χ3n) is 4.79. The highest BCUT2D eigenvalue weighted by Gasteiger charge is 2.33. The molecule has 0 saturated carbocycles. The van der Waals surface area contributed by atoms with Crippen LogP contribution in [0.1, 0.15) is 12.8 Å². The average Bonchev–Trinajstić information content (AvgIpc) is 2.75. The second kappa shape index (κ2) is 9.95. The molecule has 166 valence electrons. The van der Waals surface area contributed by atoms with Gasteiger partial charge in [0, 0.05) is 23.8 Å². The minimum atomic E-state index is -3.67. The lowest BCUT2D eigenvalue weighted by Gasteiger charge is -2.30. The van der Waals surface area contributed by atoms with Gasteiger partial charge in [-0.25, -0.2) is 12.8 Å². The number of benzene rings is 2. The molecule has 0 unspecified atom stereocenters. The van der Waals surface area contributed by atoms with Crippen molar-refractivity contribution in [1.82, 2.24) is 4.31 Å². The Morgan fingerprint density at radius 1 is 1.10 bits per heavy atom. The smallest absolute Gasteiger partial charge is 0.309 e. The fraction of sp³-hybridized carbons (Fsp3) is 0.300. The van der Waals surface area contributed by atoms with Crippen LogP contribution in [0, 0.1) is 11.7 Å². The first-order valence-corrected chi connectivity index (χ1v) is 11.5. The molecule has 0 radical (unpaired) electrons. The van der Waals surface area contributed by atoms with E-state index in [1.54, 1.807) is 0 Å². The lowest BCUT2D eigenvalue weighted by Crippen LogP contribution is -2.40. The van der Waals surface area contributed by atoms with E-state index in [1.807, 2.05) is 0 Å². The molecule has 0 bridgehead atoms. The molecular weight excluding hydrogens is 470 g/mol. The fourth-order valence-corrected chi connectivity index (χ4v) is 4.89. The van der Waals surface area contributed by atoms with Crippen LogP contribution in [-0.2, 0) is 24.3 Å². The second-order valence-electron chi connectivity index (χ2n) is 6.92. The molecule has 1 saturated heterocycles.